The number of aryl methyl sites for hydroxylation is 1. The number of amides is 1. The molecule has 138 valence electrons. The highest BCUT2D eigenvalue weighted by Crippen LogP contribution is 2.22. The Labute approximate surface area is 151 Å². The standard InChI is InChI=1S/C19H23FN4O2/c20-16-3-1-2-4-17(16)22-7-9-23(10-8-22)19(26)13-24-18-11-15(25)6-5-14(18)12-21-24/h1-4,12,15,25H,5-11,13H2/t15-/m0/s1. The Morgan fingerprint density at radius 2 is 2.00 bits per heavy atom. The predicted molar refractivity (Wildman–Crippen MR) is 95.5 cm³/mol. The molecule has 1 N–H and O–H groups in total. The lowest BCUT2D eigenvalue weighted by Gasteiger charge is -2.36. The normalized spacial score (nSPS) is 20.2. The van der Waals surface area contributed by atoms with Gasteiger partial charge in [-0.2, -0.15) is 5.10 Å². The number of aromatic nitrogens is 2. The predicted octanol–water partition coefficient (Wildman–Crippen LogP) is 1.22. The van der Waals surface area contributed by atoms with Crippen LogP contribution in [0.5, 0.6) is 0 Å². The van der Waals surface area contributed by atoms with Gasteiger partial charge in [-0.05, 0) is 30.5 Å². The lowest BCUT2D eigenvalue weighted by atomic mass is 9.96. The molecule has 6 nitrogen and oxygen atoms in total. The zero-order chi connectivity index (χ0) is 18.1. The van der Waals surface area contributed by atoms with Gasteiger partial charge in [0.15, 0.2) is 0 Å². The van der Waals surface area contributed by atoms with Crippen LogP contribution in [0.4, 0.5) is 10.1 Å². The summed E-state index contributed by atoms with van der Waals surface area (Å²) in [6.07, 6.45) is 3.59. The molecule has 2 heterocycles. The van der Waals surface area contributed by atoms with Crippen LogP contribution in [-0.2, 0) is 24.2 Å². The van der Waals surface area contributed by atoms with Crippen molar-refractivity contribution < 1.29 is 14.3 Å². The molecule has 0 saturated carbocycles. The Morgan fingerprint density at radius 3 is 2.77 bits per heavy atom. The molecule has 2 aromatic rings. The number of anilines is 1. The fourth-order valence-electron chi connectivity index (χ4n) is 3.81. The maximum Gasteiger partial charge on any atom is 0.244 e. The third-order valence-electron chi connectivity index (χ3n) is 5.32. The number of piperazine rings is 1. The summed E-state index contributed by atoms with van der Waals surface area (Å²) in [4.78, 5) is 16.4. The average Bonchev–Trinajstić information content (AvgIpc) is 3.04. The molecule has 0 unspecified atom stereocenters. The van der Waals surface area contributed by atoms with Gasteiger partial charge in [0.25, 0.3) is 0 Å². The van der Waals surface area contributed by atoms with Crippen molar-refractivity contribution in [3.8, 4) is 0 Å². The van der Waals surface area contributed by atoms with E-state index in [9.17, 15) is 14.3 Å². The lowest BCUT2D eigenvalue weighted by Crippen LogP contribution is -2.50. The van der Waals surface area contributed by atoms with E-state index in [1.807, 2.05) is 22.1 Å². The molecule has 1 amide bonds. The molecule has 0 bridgehead atoms. The van der Waals surface area contributed by atoms with E-state index in [2.05, 4.69) is 5.10 Å². The third kappa shape index (κ3) is 3.31. The van der Waals surface area contributed by atoms with E-state index in [0.29, 0.717) is 38.3 Å². The number of aliphatic hydroxyl groups excluding tert-OH is 1. The smallest absolute Gasteiger partial charge is 0.244 e. The molecule has 1 saturated heterocycles. The van der Waals surface area contributed by atoms with Gasteiger partial charge in [-0.1, -0.05) is 12.1 Å². The minimum Gasteiger partial charge on any atom is -0.393 e. The first-order chi connectivity index (χ1) is 12.6. The van der Waals surface area contributed by atoms with Gasteiger partial charge in [0.2, 0.25) is 5.91 Å². The van der Waals surface area contributed by atoms with Crippen molar-refractivity contribution in [2.24, 2.45) is 0 Å². The molecular weight excluding hydrogens is 335 g/mol. The van der Waals surface area contributed by atoms with Gasteiger partial charge in [0, 0.05) is 38.3 Å². The van der Waals surface area contributed by atoms with Gasteiger partial charge in [-0.15, -0.1) is 0 Å². The average molecular weight is 358 g/mol. The summed E-state index contributed by atoms with van der Waals surface area (Å²) in [5.74, 6) is -0.210. The second-order valence-electron chi connectivity index (χ2n) is 6.99. The summed E-state index contributed by atoms with van der Waals surface area (Å²) < 4.78 is 15.6. The number of aliphatic hydroxyl groups is 1. The highest BCUT2D eigenvalue weighted by Gasteiger charge is 2.25. The van der Waals surface area contributed by atoms with Crippen LogP contribution in [0.15, 0.2) is 30.5 Å². The maximum absolute atomic E-state index is 13.9. The van der Waals surface area contributed by atoms with Crippen LogP contribution in [0.2, 0.25) is 0 Å². The van der Waals surface area contributed by atoms with Crippen LogP contribution in [0.3, 0.4) is 0 Å². The zero-order valence-corrected chi connectivity index (χ0v) is 14.6. The maximum atomic E-state index is 13.9. The fraction of sp³-hybridized carbons (Fsp3) is 0.474. The Hall–Kier alpha value is -2.41. The van der Waals surface area contributed by atoms with Gasteiger partial charge in [0.1, 0.15) is 12.4 Å². The highest BCUT2D eigenvalue weighted by atomic mass is 19.1. The molecule has 1 fully saturated rings. The van der Waals surface area contributed by atoms with Gasteiger partial charge >= 0.3 is 0 Å². The van der Waals surface area contributed by atoms with Crippen molar-refractivity contribution in [3.63, 3.8) is 0 Å². The zero-order valence-electron chi connectivity index (χ0n) is 14.6. The molecule has 0 spiro atoms. The Kier molecular flexibility index (Phi) is 4.63. The van der Waals surface area contributed by atoms with Crippen LogP contribution >= 0.6 is 0 Å². The van der Waals surface area contributed by atoms with Crippen molar-refractivity contribution in [2.75, 3.05) is 31.1 Å². The molecule has 4 rings (SSSR count). The van der Waals surface area contributed by atoms with Crippen LogP contribution in [0.25, 0.3) is 0 Å². The van der Waals surface area contributed by atoms with E-state index in [1.165, 1.54) is 6.07 Å². The minimum absolute atomic E-state index is 0.0177. The van der Waals surface area contributed by atoms with Gasteiger partial charge in [0.05, 0.1) is 18.0 Å². The molecule has 1 aromatic heterocycles. The summed E-state index contributed by atoms with van der Waals surface area (Å²) in [6, 6.07) is 6.74. The number of halogens is 1. The van der Waals surface area contributed by atoms with Crippen LogP contribution in [0.1, 0.15) is 17.7 Å². The minimum atomic E-state index is -0.350. The van der Waals surface area contributed by atoms with E-state index in [0.717, 1.165) is 24.1 Å². The van der Waals surface area contributed by atoms with Crippen LogP contribution < -0.4 is 4.90 Å². The summed E-state index contributed by atoms with van der Waals surface area (Å²) >= 11 is 0. The summed E-state index contributed by atoms with van der Waals surface area (Å²) in [5, 5.41) is 14.2. The summed E-state index contributed by atoms with van der Waals surface area (Å²) in [5.41, 5.74) is 2.70. The molecule has 2 aliphatic rings. The van der Waals surface area contributed by atoms with E-state index < -0.39 is 0 Å². The van der Waals surface area contributed by atoms with Crippen LogP contribution in [-0.4, -0.2) is 58.0 Å². The largest absolute Gasteiger partial charge is 0.393 e. The van der Waals surface area contributed by atoms with Gasteiger partial charge < -0.3 is 14.9 Å². The number of hydrogen-bond acceptors (Lipinski definition) is 4. The first-order valence-electron chi connectivity index (χ1n) is 9.10. The first kappa shape index (κ1) is 17.0. The summed E-state index contributed by atoms with van der Waals surface area (Å²) in [7, 11) is 0. The van der Waals surface area contributed by atoms with Gasteiger partial charge in [-0.25, -0.2) is 4.39 Å². The number of carbonyl (C=O) groups excluding carboxylic acids is 1. The van der Waals surface area contributed by atoms with E-state index in [1.54, 1.807) is 16.8 Å². The number of nitrogens with zero attached hydrogens (tertiary/aromatic N) is 4. The Morgan fingerprint density at radius 1 is 1.23 bits per heavy atom. The van der Waals surface area contributed by atoms with E-state index >= 15 is 0 Å². The number of hydrogen-bond donors (Lipinski definition) is 1. The molecule has 0 radical (unpaired) electrons. The van der Waals surface area contributed by atoms with Crippen LogP contribution in [0, 0.1) is 5.82 Å². The monoisotopic (exact) mass is 358 g/mol. The topological polar surface area (TPSA) is 61.6 Å². The van der Waals surface area contributed by atoms with E-state index in [-0.39, 0.29) is 24.4 Å². The lowest BCUT2D eigenvalue weighted by molar-refractivity contribution is -0.132. The van der Waals surface area contributed by atoms with Gasteiger partial charge in [-0.3, -0.25) is 9.48 Å². The number of benzene rings is 1. The Bertz CT molecular complexity index is 799. The van der Waals surface area contributed by atoms with Crippen molar-refractivity contribution in [1.29, 1.82) is 0 Å². The number of carbonyl (C=O) groups is 1. The summed E-state index contributed by atoms with van der Waals surface area (Å²) in [6.45, 7) is 2.56. The SMILES string of the molecule is O=C(Cn1ncc2c1C[C@@H](O)CC2)N1CCN(c2ccccc2F)CC1. The number of fused-ring (bicyclic) bond motifs is 1. The molecular formula is C19H23FN4O2. The molecule has 1 aliphatic heterocycles. The first-order valence-corrected chi connectivity index (χ1v) is 9.10. The molecule has 26 heavy (non-hydrogen) atoms. The number of para-hydroxylation sites is 1. The van der Waals surface area contributed by atoms with Crippen molar-refractivity contribution in [1.82, 2.24) is 14.7 Å². The second kappa shape index (κ2) is 7.07. The van der Waals surface area contributed by atoms with Crippen molar-refractivity contribution >= 4 is 11.6 Å². The fourth-order valence-corrected chi connectivity index (χ4v) is 3.81. The molecule has 7 heteroatoms. The molecule has 1 aliphatic carbocycles. The Balaban J connectivity index is 1.37. The molecule has 1 aromatic carbocycles. The van der Waals surface area contributed by atoms with Crippen molar-refractivity contribution in [2.45, 2.75) is 31.9 Å². The quantitative estimate of drug-likeness (QED) is 0.896. The van der Waals surface area contributed by atoms with Crippen molar-refractivity contribution in [3.05, 3.63) is 47.5 Å². The highest BCUT2D eigenvalue weighted by molar-refractivity contribution is 5.76. The van der Waals surface area contributed by atoms with E-state index in [4.69, 9.17) is 0 Å². The second-order valence-corrected chi connectivity index (χ2v) is 6.99. The number of rotatable bonds is 3. The molecule has 1 atom stereocenters. The third-order valence-corrected chi connectivity index (χ3v) is 5.32.